The van der Waals surface area contributed by atoms with Crippen LogP contribution < -0.4 is 0 Å². The fraction of sp³-hybridized carbons (Fsp3) is 0.533. The molecule has 1 fully saturated rings. The quantitative estimate of drug-likeness (QED) is 0.775. The first kappa shape index (κ1) is 16.0. The Hall–Kier alpha value is -1.40. The second-order valence-electron chi connectivity index (χ2n) is 5.20. The molecule has 0 N–H and O–H groups in total. The number of hydrogen-bond donors (Lipinski definition) is 0. The maximum atomic E-state index is 12.5. The Kier molecular flexibility index (Phi) is 5.36. The van der Waals surface area contributed by atoms with E-state index in [-0.39, 0.29) is 5.75 Å². The number of methoxy groups -OCH3 is 1. The molecule has 5 nitrogen and oxygen atoms in total. The van der Waals surface area contributed by atoms with Gasteiger partial charge in [-0.1, -0.05) is 30.3 Å². The van der Waals surface area contributed by atoms with Crippen molar-refractivity contribution in [2.45, 2.75) is 31.7 Å². The zero-order valence-electron chi connectivity index (χ0n) is 12.2. The third kappa shape index (κ3) is 4.04. The van der Waals surface area contributed by atoms with Gasteiger partial charge in [-0.25, -0.2) is 8.42 Å². The smallest absolute Gasteiger partial charge is 0.324 e. The van der Waals surface area contributed by atoms with Gasteiger partial charge in [0.2, 0.25) is 10.0 Å². The lowest BCUT2D eigenvalue weighted by molar-refractivity contribution is -0.146. The van der Waals surface area contributed by atoms with Gasteiger partial charge < -0.3 is 4.74 Å². The average molecular weight is 311 g/mol. The highest BCUT2D eigenvalue weighted by atomic mass is 32.2. The van der Waals surface area contributed by atoms with Gasteiger partial charge in [-0.2, -0.15) is 4.31 Å². The van der Waals surface area contributed by atoms with Crippen molar-refractivity contribution in [2.24, 2.45) is 0 Å². The SMILES string of the molecule is COC(=O)C1CCCCN1S(=O)(=O)CCc1ccccc1. The van der Waals surface area contributed by atoms with E-state index in [1.54, 1.807) is 0 Å². The number of hydrogen-bond acceptors (Lipinski definition) is 4. The van der Waals surface area contributed by atoms with Crippen LogP contribution in [0.5, 0.6) is 0 Å². The Balaban J connectivity index is 2.07. The number of nitrogens with zero attached hydrogens (tertiary/aromatic N) is 1. The van der Waals surface area contributed by atoms with Crippen LogP contribution in [0.15, 0.2) is 30.3 Å². The highest BCUT2D eigenvalue weighted by molar-refractivity contribution is 7.89. The minimum absolute atomic E-state index is 0.0184. The largest absolute Gasteiger partial charge is 0.468 e. The first-order valence-electron chi connectivity index (χ1n) is 7.16. The molecule has 0 bridgehead atoms. The molecule has 2 rings (SSSR count). The molecule has 0 amide bonds. The van der Waals surface area contributed by atoms with Crippen LogP contribution in [0.2, 0.25) is 0 Å². The number of sulfonamides is 1. The molecule has 1 aliphatic rings. The van der Waals surface area contributed by atoms with Crippen molar-refractivity contribution in [3.8, 4) is 0 Å². The summed E-state index contributed by atoms with van der Waals surface area (Å²) in [6, 6.07) is 8.83. The van der Waals surface area contributed by atoms with Crippen molar-refractivity contribution in [3.63, 3.8) is 0 Å². The van der Waals surface area contributed by atoms with Gasteiger partial charge in [0.15, 0.2) is 0 Å². The average Bonchev–Trinajstić information content (AvgIpc) is 2.53. The first-order valence-corrected chi connectivity index (χ1v) is 8.77. The van der Waals surface area contributed by atoms with Crippen molar-refractivity contribution >= 4 is 16.0 Å². The molecule has 0 radical (unpaired) electrons. The van der Waals surface area contributed by atoms with Crippen LogP contribution in [-0.4, -0.2) is 44.1 Å². The Morgan fingerprint density at radius 2 is 2.00 bits per heavy atom. The summed E-state index contributed by atoms with van der Waals surface area (Å²) in [4.78, 5) is 11.8. The van der Waals surface area contributed by atoms with Crippen LogP contribution in [0.25, 0.3) is 0 Å². The molecule has 0 aliphatic carbocycles. The first-order chi connectivity index (χ1) is 10.0. The summed E-state index contributed by atoms with van der Waals surface area (Å²) in [7, 11) is -2.16. The Morgan fingerprint density at radius 1 is 1.29 bits per heavy atom. The highest BCUT2D eigenvalue weighted by Crippen LogP contribution is 2.22. The molecule has 1 saturated heterocycles. The normalized spacial score (nSPS) is 20.1. The van der Waals surface area contributed by atoms with Crippen LogP contribution in [0.1, 0.15) is 24.8 Å². The van der Waals surface area contributed by atoms with E-state index in [1.807, 2.05) is 30.3 Å². The third-order valence-corrected chi connectivity index (χ3v) is 5.65. The molecule has 0 saturated carbocycles. The minimum Gasteiger partial charge on any atom is -0.468 e. The zero-order valence-corrected chi connectivity index (χ0v) is 13.0. The maximum Gasteiger partial charge on any atom is 0.324 e. The molecule has 1 unspecified atom stereocenters. The molecule has 1 aromatic rings. The van der Waals surface area contributed by atoms with E-state index < -0.39 is 22.0 Å². The highest BCUT2D eigenvalue weighted by Gasteiger charge is 2.36. The maximum absolute atomic E-state index is 12.5. The van der Waals surface area contributed by atoms with Gasteiger partial charge in [-0.3, -0.25) is 4.79 Å². The zero-order chi connectivity index (χ0) is 15.3. The van der Waals surface area contributed by atoms with Crippen LogP contribution in [-0.2, 0) is 26.0 Å². The van der Waals surface area contributed by atoms with Crippen molar-refractivity contribution in [1.82, 2.24) is 4.31 Å². The van der Waals surface area contributed by atoms with Crippen molar-refractivity contribution in [2.75, 3.05) is 19.4 Å². The van der Waals surface area contributed by atoms with Crippen LogP contribution in [0.4, 0.5) is 0 Å². The standard InChI is InChI=1S/C15H21NO4S/c1-20-15(17)14-9-5-6-11-16(14)21(18,19)12-10-13-7-3-2-4-8-13/h2-4,7-8,14H,5-6,9-12H2,1H3. The van der Waals surface area contributed by atoms with Crippen LogP contribution >= 0.6 is 0 Å². The topological polar surface area (TPSA) is 63.7 Å². The van der Waals surface area contributed by atoms with E-state index in [9.17, 15) is 13.2 Å². The molecule has 0 aromatic heterocycles. The second kappa shape index (κ2) is 7.04. The molecular weight excluding hydrogens is 290 g/mol. The molecule has 116 valence electrons. The van der Waals surface area contributed by atoms with E-state index in [4.69, 9.17) is 4.74 Å². The van der Waals surface area contributed by atoms with Gasteiger partial charge in [0.05, 0.1) is 12.9 Å². The van der Waals surface area contributed by atoms with Crippen molar-refractivity contribution < 1.29 is 17.9 Å². The summed E-state index contributed by atoms with van der Waals surface area (Å²) >= 11 is 0. The third-order valence-electron chi connectivity index (χ3n) is 3.78. The predicted molar refractivity (Wildman–Crippen MR) is 80.3 cm³/mol. The van der Waals surface area contributed by atoms with Crippen LogP contribution in [0, 0.1) is 0 Å². The molecule has 21 heavy (non-hydrogen) atoms. The van der Waals surface area contributed by atoms with Gasteiger partial charge in [-0.05, 0) is 31.2 Å². The molecule has 1 heterocycles. The molecule has 0 spiro atoms. The number of ether oxygens (including phenoxy) is 1. The molecule has 1 atom stereocenters. The Bertz CT molecular complexity index is 571. The Labute approximate surface area is 126 Å². The monoisotopic (exact) mass is 311 g/mol. The van der Waals surface area contributed by atoms with Gasteiger partial charge in [0.25, 0.3) is 0 Å². The van der Waals surface area contributed by atoms with Gasteiger partial charge in [0.1, 0.15) is 6.04 Å². The van der Waals surface area contributed by atoms with Crippen LogP contribution in [0.3, 0.4) is 0 Å². The van der Waals surface area contributed by atoms with Crippen molar-refractivity contribution in [1.29, 1.82) is 0 Å². The van der Waals surface area contributed by atoms with E-state index in [0.717, 1.165) is 18.4 Å². The number of carbonyl (C=O) groups excluding carboxylic acids is 1. The number of benzene rings is 1. The van der Waals surface area contributed by atoms with Gasteiger partial charge >= 0.3 is 5.97 Å². The summed E-state index contributed by atoms with van der Waals surface area (Å²) < 4.78 is 31.1. The fourth-order valence-corrected chi connectivity index (χ4v) is 4.33. The lowest BCUT2D eigenvalue weighted by atomic mass is 10.1. The summed E-state index contributed by atoms with van der Waals surface area (Å²) in [5.74, 6) is -0.442. The number of aryl methyl sites for hydroxylation is 1. The van der Waals surface area contributed by atoms with Crippen molar-refractivity contribution in [3.05, 3.63) is 35.9 Å². The minimum atomic E-state index is -3.45. The fourth-order valence-electron chi connectivity index (χ4n) is 2.62. The van der Waals surface area contributed by atoms with E-state index >= 15 is 0 Å². The van der Waals surface area contributed by atoms with E-state index in [1.165, 1.54) is 11.4 Å². The summed E-state index contributed by atoms with van der Waals surface area (Å²) in [5, 5.41) is 0. The summed E-state index contributed by atoms with van der Waals surface area (Å²) in [5.41, 5.74) is 0.979. The molecule has 1 aliphatic heterocycles. The lowest BCUT2D eigenvalue weighted by Gasteiger charge is -2.32. The summed E-state index contributed by atoms with van der Waals surface area (Å²) in [6.07, 6.45) is 2.63. The number of esters is 1. The van der Waals surface area contributed by atoms with E-state index in [0.29, 0.717) is 19.4 Å². The Morgan fingerprint density at radius 3 is 2.67 bits per heavy atom. The number of carbonyl (C=O) groups is 1. The van der Waals surface area contributed by atoms with Gasteiger partial charge in [-0.15, -0.1) is 0 Å². The molecular formula is C15H21NO4S. The molecule has 6 heteroatoms. The number of piperidine rings is 1. The van der Waals surface area contributed by atoms with E-state index in [2.05, 4.69) is 0 Å². The second-order valence-corrected chi connectivity index (χ2v) is 7.24. The summed E-state index contributed by atoms with van der Waals surface area (Å²) in [6.45, 7) is 0.400. The number of rotatable bonds is 5. The lowest BCUT2D eigenvalue weighted by Crippen LogP contribution is -2.49. The molecule has 1 aromatic carbocycles. The predicted octanol–water partition coefficient (Wildman–Crippen LogP) is 1.59. The van der Waals surface area contributed by atoms with Gasteiger partial charge in [0, 0.05) is 6.54 Å².